The van der Waals surface area contributed by atoms with Gasteiger partial charge in [-0.15, -0.1) is 0 Å². The number of rotatable bonds is 8. The molecule has 0 aromatic heterocycles. The molecule has 0 atom stereocenters. The molecule has 0 spiro atoms. The van der Waals surface area contributed by atoms with Crippen LogP contribution in [0.25, 0.3) is 0 Å². The standard InChI is InChI=1S/C24H24BrN3O5S/c1-16-8-10-19(11-9-16)34(31,32)28(21-7-5-4-6-17(21)2)15-23(29)27-26-14-18-12-20(25)24(30)22(13-18)33-3/h4-14,30H,15H2,1-3H3,(H,27,29). The lowest BCUT2D eigenvalue weighted by atomic mass is 10.2. The van der Waals surface area contributed by atoms with E-state index < -0.39 is 22.5 Å². The van der Waals surface area contributed by atoms with Gasteiger partial charge in [0, 0.05) is 0 Å². The first-order valence-electron chi connectivity index (χ1n) is 10.2. The first-order valence-corrected chi connectivity index (χ1v) is 12.4. The number of benzene rings is 3. The van der Waals surface area contributed by atoms with Crippen molar-refractivity contribution in [2.75, 3.05) is 18.0 Å². The maximum absolute atomic E-state index is 13.4. The number of phenols is 1. The van der Waals surface area contributed by atoms with Gasteiger partial charge in [0.15, 0.2) is 11.5 Å². The molecule has 0 fully saturated rings. The van der Waals surface area contributed by atoms with Crippen molar-refractivity contribution in [2.24, 2.45) is 5.10 Å². The Hall–Kier alpha value is -3.37. The van der Waals surface area contributed by atoms with E-state index in [1.807, 2.05) is 6.92 Å². The Bertz CT molecular complexity index is 1320. The highest BCUT2D eigenvalue weighted by atomic mass is 79.9. The van der Waals surface area contributed by atoms with Crippen LogP contribution in [0.1, 0.15) is 16.7 Å². The van der Waals surface area contributed by atoms with Crippen LogP contribution in [0.2, 0.25) is 0 Å². The number of methoxy groups -OCH3 is 1. The van der Waals surface area contributed by atoms with Crippen molar-refractivity contribution in [1.82, 2.24) is 5.43 Å². The zero-order valence-corrected chi connectivity index (χ0v) is 21.2. The van der Waals surface area contributed by atoms with Crippen LogP contribution in [0.5, 0.6) is 11.5 Å². The van der Waals surface area contributed by atoms with Gasteiger partial charge in [0.2, 0.25) is 0 Å². The van der Waals surface area contributed by atoms with Crippen LogP contribution in [0.4, 0.5) is 5.69 Å². The molecule has 3 rings (SSSR count). The van der Waals surface area contributed by atoms with E-state index in [0.29, 0.717) is 21.3 Å². The van der Waals surface area contributed by atoms with E-state index in [-0.39, 0.29) is 16.4 Å². The molecule has 0 heterocycles. The summed E-state index contributed by atoms with van der Waals surface area (Å²) in [5, 5.41) is 13.8. The molecular formula is C24H24BrN3O5S. The predicted molar refractivity (Wildman–Crippen MR) is 135 cm³/mol. The Kier molecular flexibility index (Phi) is 7.95. The molecule has 178 valence electrons. The van der Waals surface area contributed by atoms with Crippen molar-refractivity contribution in [2.45, 2.75) is 18.7 Å². The number of phenolic OH excluding ortho intramolecular Hbond substituents is 1. The number of aryl methyl sites for hydroxylation is 2. The summed E-state index contributed by atoms with van der Waals surface area (Å²) in [5.41, 5.74) is 4.93. The molecule has 3 aromatic rings. The summed E-state index contributed by atoms with van der Waals surface area (Å²) in [6.07, 6.45) is 1.36. The van der Waals surface area contributed by atoms with E-state index in [9.17, 15) is 18.3 Å². The second-order valence-electron chi connectivity index (χ2n) is 7.46. The molecular weight excluding hydrogens is 522 g/mol. The summed E-state index contributed by atoms with van der Waals surface area (Å²) in [5.74, 6) is -0.448. The molecule has 3 aromatic carbocycles. The lowest BCUT2D eigenvalue weighted by Gasteiger charge is -2.25. The van der Waals surface area contributed by atoms with Gasteiger partial charge in [-0.3, -0.25) is 9.10 Å². The summed E-state index contributed by atoms with van der Waals surface area (Å²) in [6.45, 7) is 3.17. The van der Waals surface area contributed by atoms with E-state index >= 15 is 0 Å². The number of anilines is 1. The van der Waals surface area contributed by atoms with Gasteiger partial charge in [-0.25, -0.2) is 13.8 Å². The van der Waals surface area contributed by atoms with Crippen molar-refractivity contribution in [3.63, 3.8) is 0 Å². The number of amides is 1. The summed E-state index contributed by atoms with van der Waals surface area (Å²) < 4.78 is 33.4. The van der Waals surface area contributed by atoms with Gasteiger partial charge < -0.3 is 9.84 Å². The van der Waals surface area contributed by atoms with Gasteiger partial charge in [-0.1, -0.05) is 35.9 Å². The number of carbonyl (C=O) groups is 1. The number of para-hydroxylation sites is 1. The van der Waals surface area contributed by atoms with Gasteiger partial charge >= 0.3 is 0 Å². The average Bonchev–Trinajstić information content (AvgIpc) is 2.80. The minimum absolute atomic E-state index is 0.0566. The monoisotopic (exact) mass is 545 g/mol. The maximum Gasteiger partial charge on any atom is 0.264 e. The van der Waals surface area contributed by atoms with Crippen LogP contribution in [0, 0.1) is 13.8 Å². The van der Waals surface area contributed by atoms with Crippen molar-refractivity contribution >= 4 is 43.8 Å². The van der Waals surface area contributed by atoms with Crippen LogP contribution in [0.15, 0.2) is 75.1 Å². The van der Waals surface area contributed by atoms with Gasteiger partial charge in [0.25, 0.3) is 15.9 Å². The minimum Gasteiger partial charge on any atom is -0.503 e. The molecule has 1 amide bonds. The summed E-state index contributed by atoms with van der Waals surface area (Å²) >= 11 is 3.22. The lowest BCUT2D eigenvalue weighted by molar-refractivity contribution is -0.119. The van der Waals surface area contributed by atoms with Gasteiger partial charge in [-0.2, -0.15) is 5.10 Å². The van der Waals surface area contributed by atoms with E-state index in [1.165, 1.54) is 31.5 Å². The summed E-state index contributed by atoms with van der Waals surface area (Å²) in [6, 6.07) is 16.5. The fourth-order valence-corrected chi connectivity index (χ4v) is 5.09. The summed E-state index contributed by atoms with van der Waals surface area (Å²) in [7, 11) is -2.60. The predicted octanol–water partition coefficient (Wildman–Crippen LogP) is 4.13. The SMILES string of the molecule is COc1cc(C=NNC(=O)CN(c2ccccc2C)S(=O)(=O)c2ccc(C)cc2)cc(Br)c1O. The molecule has 0 unspecified atom stereocenters. The Morgan fingerprint density at radius 2 is 1.82 bits per heavy atom. The van der Waals surface area contributed by atoms with Crippen LogP contribution >= 0.6 is 15.9 Å². The first kappa shape index (κ1) is 25.3. The number of halogens is 1. The third kappa shape index (κ3) is 5.75. The number of carbonyl (C=O) groups excluding carboxylic acids is 1. The molecule has 0 aliphatic rings. The van der Waals surface area contributed by atoms with Crippen molar-refractivity contribution in [1.29, 1.82) is 0 Å². The second-order valence-corrected chi connectivity index (χ2v) is 10.2. The number of nitrogens with one attached hydrogen (secondary N) is 1. The van der Waals surface area contributed by atoms with Crippen LogP contribution in [-0.4, -0.2) is 39.3 Å². The smallest absolute Gasteiger partial charge is 0.264 e. The number of hydrogen-bond acceptors (Lipinski definition) is 6. The van der Waals surface area contributed by atoms with Crippen molar-refractivity contribution in [3.05, 3.63) is 81.8 Å². The number of hydrogen-bond donors (Lipinski definition) is 2. The Morgan fingerprint density at radius 1 is 1.15 bits per heavy atom. The average molecular weight is 546 g/mol. The Balaban J connectivity index is 1.85. The molecule has 0 radical (unpaired) electrons. The zero-order valence-electron chi connectivity index (χ0n) is 18.8. The molecule has 8 nitrogen and oxygen atoms in total. The van der Waals surface area contributed by atoms with Gasteiger partial charge in [0.1, 0.15) is 6.54 Å². The van der Waals surface area contributed by atoms with Gasteiger partial charge in [-0.05, 0) is 71.2 Å². The number of nitrogens with zero attached hydrogens (tertiary/aromatic N) is 2. The highest BCUT2D eigenvalue weighted by Gasteiger charge is 2.28. The van der Waals surface area contributed by atoms with E-state index in [1.54, 1.807) is 49.4 Å². The van der Waals surface area contributed by atoms with Crippen LogP contribution in [0.3, 0.4) is 0 Å². The third-order valence-electron chi connectivity index (χ3n) is 4.95. The van der Waals surface area contributed by atoms with Crippen molar-refractivity contribution in [3.8, 4) is 11.5 Å². The molecule has 0 saturated heterocycles. The van der Waals surface area contributed by atoms with E-state index in [2.05, 4.69) is 26.5 Å². The minimum atomic E-state index is -4.01. The fourth-order valence-electron chi connectivity index (χ4n) is 3.15. The number of hydrazone groups is 1. The largest absolute Gasteiger partial charge is 0.503 e. The van der Waals surface area contributed by atoms with E-state index in [0.717, 1.165) is 9.87 Å². The molecule has 0 saturated carbocycles. The maximum atomic E-state index is 13.4. The topological polar surface area (TPSA) is 108 Å². The first-order chi connectivity index (χ1) is 16.1. The quantitative estimate of drug-likeness (QED) is 0.327. The summed E-state index contributed by atoms with van der Waals surface area (Å²) in [4.78, 5) is 12.8. The highest BCUT2D eigenvalue weighted by molar-refractivity contribution is 9.10. The molecule has 0 bridgehead atoms. The lowest BCUT2D eigenvalue weighted by Crippen LogP contribution is -2.40. The Morgan fingerprint density at radius 3 is 2.47 bits per heavy atom. The fraction of sp³-hybridized carbons (Fsp3) is 0.167. The van der Waals surface area contributed by atoms with Gasteiger partial charge in [0.05, 0.1) is 28.4 Å². The molecule has 34 heavy (non-hydrogen) atoms. The molecule has 0 aliphatic heterocycles. The number of aromatic hydroxyl groups is 1. The van der Waals surface area contributed by atoms with Crippen molar-refractivity contribution < 1.29 is 23.1 Å². The molecule has 2 N–H and O–H groups in total. The zero-order chi connectivity index (χ0) is 24.9. The van der Waals surface area contributed by atoms with Crippen LogP contribution < -0.4 is 14.5 Å². The third-order valence-corrected chi connectivity index (χ3v) is 7.33. The second kappa shape index (κ2) is 10.7. The Labute approximate surface area is 207 Å². The van der Waals surface area contributed by atoms with E-state index in [4.69, 9.17) is 4.74 Å². The number of sulfonamides is 1. The van der Waals surface area contributed by atoms with Crippen LogP contribution in [-0.2, 0) is 14.8 Å². The highest BCUT2D eigenvalue weighted by Crippen LogP contribution is 2.34. The normalized spacial score (nSPS) is 11.4. The molecule has 10 heteroatoms. The molecule has 0 aliphatic carbocycles. The number of ether oxygens (including phenoxy) is 1.